The van der Waals surface area contributed by atoms with Crippen molar-refractivity contribution < 1.29 is 4.79 Å². The molecule has 1 saturated heterocycles. The van der Waals surface area contributed by atoms with Crippen molar-refractivity contribution in [2.45, 2.75) is 31.7 Å². The summed E-state index contributed by atoms with van der Waals surface area (Å²) in [6.45, 7) is 1.56. The molecule has 5 nitrogen and oxygen atoms in total. The molecule has 26 heavy (non-hydrogen) atoms. The van der Waals surface area contributed by atoms with E-state index in [1.54, 1.807) is 18.6 Å². The molecule has 1 aliphatic rings. The molecule has 7 heteroatoms. The standard InChI is InChI=1S/C19H22Cl2N4O/c1-24(18-6-9-22-13-23-18)15-7-10-25(11-8-15)19(26)5-3-14-2-4-16(20)17(21)12-14/h2,4,6,9,12-13,15H,3,5,7-8,10-11H2,1H3. The van der Waals surface area contributed by atoms with E-state index in [2.05, 4.69) is 21.9 Å². The highest BCUT2D eigenvalue weighted by Crippen LogP contribution is 2.24. The average Bonchev–Trinajstić information content (AvgIpc) is 2.69. The number of aryl methyl sites for hydroxylation is 1. The molecule has 0 bridgehead atoms. The van der Waals surface area contributed by atoms with E-state index >= 15 is 0 Å². The van der Waals surface area contributed by atoms with Gasteiger partial charge in [-0.05, 0) is 43.0 Å². The first kappa shape index (κ1) is 18.9. The zero-order valence-corrected chi connectivity index (χ0v) is 16.2. The third-order valence-electron chi connectivity index (χ3n) is 4.90. The van der Waals surface area contributed by atoms with E-state index in [1.807, 2.05) is 23.1 Å². The van der Waals surface area contributed by atoms with Gasteiger partial charge in [-0.25, -0.2) is 9.97 Å². The fourth-order valence-electron chi connectivity index (χ4n) is 3.29. The van der Waals surface area contributed by atoms with Crippen LogP contribution in [0.4, 0.5) is 5.82 Å². The summed E-state index contributed by atoms with van der Waals surface area (Å²) in [5.74, 6) is 1.11. The van der Waals surface area contributed by atoms with Crippen molar-refractivity contribution in [1.29, 1.82) is 0 Å². The van der Waals surface area contributed by atoms with E-state index in [0.717, 1.165) is 37.3 Å². The van der Waals surface area contributed by atoms with E-state index < -0.39 is 0 Å². The van der Waals surface area contributed by atoms with E-state index in [1.165, 1.54) is 0 Å². The van der Waals surface area contributed by atoms with Crippen molar-refractivity contribution >= 4 is 34.9 Å². The monoisotopic (exact) mass is 392 g/mol. The Balaban J connectivity index is 1.48. The van der Waals surface area contributed by atoms with E-state index in [0.29, 0.717) is 28.9 Å². The van der Waals surface area contributed by atoms with Crippen molar-refractivity contribution in [1.82, 2.24) is 14.9 Å². The Hall–Kier alpha value is -1.85. The minimum atomic E-state index is 0.194. The maximum Gasteiger partial charge on any atom is 0.222 e. The summed E-state index contributed by atoms with van der Waals surface area (Å²) >= 11 is 12.0. The number of carbonyl (C=O) groups excluding carboxylic acids is 1. The van der Waals surface area contributed by atoms with Gasteiger partial charge in [0, 0.05) is 38.8 Å². The van der Waals surface area contributed by atoms with Gasteiger partial charge in [0.2, 0.25) is 5.91 Å². The summed E-state index contributed by atoms with van der Waals surface area (Å²) in [6.07, 6.45) is 6.37. The number of amides is 1. The Kier molecular flexibility index (Phi) is 6.33. The summed E-state index contributed by atoms with van der Waals surface area (Å²) in [6, 6.07) is 7.83. The van der Waals surface area contributed by atoms with Crippen molar-refractivity contribution in [3.05, 3.63) is 52.4 Å². The first-order valence-electron chi connectivity index (χ1n) is 8.75. The maximum absolute atomic E-state index is 12.5. The number of carbonyl (C=O) groups is 1. The number of hydrogen-bond donors (Lipinski definition) is 0. The molecule has 1 aromatic carbocycles. The average molecular weight is 393 g/mol. The second-order valence-corrected chi connectivity index (χ2v) is 7.35. The number of rotatable bonds is 5. The number of halogens is 2. The molecule has 0 radical (unpaired) electrons. The van der Waals surface area contributed by atoms with Crippen LogP contribution in [-0.2, 0) is 11.2 Å². The number of benzene rings is 1. The van der Waals surface area contributed by atoms with Gasteiger partial charge < -0.3 is 9.80 Å². The van der Waals surface area contributed by atoms with E-state index in [-0.39, 0.29) is 5.91 Å². The molecule has 0 saturated carbocycles. The summed E-state index contributed by atoms with van der Waals surface area (Å²) < 4.78 is 0. The lowest BCUT2D eigenvalue weighted by Gasteiger charge is -2.37. The van der Waals surface area contributed by atoms with Crippen LogP contribution in [0.2, 0.25) is 10.0 Å². The zero-order valence-electron chi connectivity index (χ0n) is 14.7. The third-order valence-corrected chi connectivity index (χ3v) is 5.64. The Morgan fingerprint density at radius 2 is 2.00 bits per heavy atom. The van der Waals surface area contributed by atoms with Crippen LogP contribution in [0.1, 0.15) is 24.8 Å². The number of anilines is 1. The molecule has 0 N–H and O–H groups in total. The van der Waals surface area contributed by atoms with Gasteiger partial charge in [-0.3, -0.25) is 4.79 Å². The topological polar surface area (TPSA) is 49.3 Å². The van der Waals surface area contributed by atoms with Gasteiger partial charge in [0.25, 0.3) is 0 Å². The van der Waals surface area contributed by atoms with Crippen molar-refractivity contribution in [3.63, 3.8) is 0 Å². The lowest BCUT2D eigenvalue weighted by molar-refractivity contribution is -0.132. The molecule has 0 spiro atoms. The zero-order chi connectivity index (χ0) is 18.5. The molecule has 138 valence electrons. The van der Waals surface area contributed by atoms with Gasteiger partial charge in [0.15, 0.2) is 0 Å². The smallest absolute Gasteiger partial charge is 0.222 e. The lowest BCUT2D eigenvalue weighted by atomic mass is 10.0. The maximum atomic E-state index is 12.5. The summed E-state index contributed by atoms with van der Waals surface area (Å²) in [7, 11) is 2.05. The van der Waals surface area contributed by atoms with E-state index in [9.17, 15) is 4.79 Å². The van der Waals surface area contributed by atoms with Crippen LogP contribution in [0.25, 0.3) is 0 Å². The highest BCUT2D eigenvalue weighted by Gasteiger charge is 2.25. The predicted octanol–water partition coefficient (Wildman–Crippen LogP) is 3.84. The Morgan fingerprint density at radius 1 is 1.23 bits per heavy atom. The van der Waals surface area contributed by atoms with Gasteiger partial charge >= 0.3 is 0 Å². The second kappa shape index (κ2) is 8.69. The first-order chi connectivity index (χ1) is 12.5. The van der Waals surface area contributed by atoms with Gasteiger partial charge in [-0.2, -0.15) is 0 Å². The SMILES string of the molecule is CN(c1ccncn1)C1CCN(C(=O)CCc2ccc(Cl)c(Cl)c2)CC1. The summed E-state index contributed by atoms with van der Waals surface area (Å²) in [5.41, 5.74) is 1.03. The minimum Gasteiger partial charge on any atom is -0.356 e. The molecule has 3 rings (SSSR count). The Bertz CT molecular complexity index is 748. The van der Waals surface area contributed by atoms with Crippen molar-refractivity contribution in [2.24, 2.45) is 0 Å². The number of aromatic nitrogens is 2. The van der Waals surface area contributed by atoms with Crippen LogP contribution >= 0.6 is 23.2 Å². The quantitative estimate of drug-likeness (QED) is 0.775. The lowest BCUT2D eigenvalue weighted by Crippen LogP contribution is -2.45. The summed E-state index contributed by atoms with van der Waals surface area (Å²) in [5, 5.41) is 1.07. The van der Waals surface area contributed by atoms with Gasteiger partial charge in [0.1, 0.15) is 12.1 Å². The molecule has 1 fully saturated rings. The minimum absolute atomic E-state index is 0.194. The molecular formula is C19H22Cl2N4O. The third kappa shape index (κ3) is 4.65. The largest absolute Gasteiger partial charge is 0.356 e. The van der Waals surface area contributed by atoms with Crippen molar-refractivity contribution in [2.75, 3.05) is 25.0 Å². The highest BCUT2D eigenvalue weighted by molar-refractivity contribution is 6.42. The Labute approximate surface area is 163 Å². The highest BCUT2D eigenvalue weighted by atomic mass is 35.5. The van der Waals surface area contributed by atoms with Crippen LogP contribution in [-0.4, -0.2) is 47.0 Å². The van der Waals surface area contributed by atoms with Crippen LogP contribution in [0.15, 0.2) is 36.8 Å². The molecule has 0 aliphatic carbocycles. The van der Waals surface area contributed by atoms with Crippen molar-refractivity contribution in [3.8, 4) is 0 Å². The van der Waals surface area contributed by atoms with Gasteiger partial charge in [-0.1, -0.05) is 29.3 Å². The number of likely N-dealkylation sites (tertiary alicyclic amines) is 1. The molecule has 1 amide bonds. The second-order valence-electron chi connectivity index (χ2n) is 6.54. The Morgan fingerprint density at radius 3 is 2.65 bits per heavy atom. The molecule has 1 aromatic heterocycles. The molecule has 2 aromatic rings. The molecule has 2 heterocycles. The molecule has 1 aliphatic heterocycles. The van der Waals surface area contributed by atoms with Crippen LogP contribution in [0.5, 0.6) is 0 Å². The fourth-order valence-corrected chi connectivity index (χ4v) is 3.61. The fraction of sp³-hybridized carbons (Fsp3) is 0.421. The number of nitrogens with zero attached hydrogens (tertiary/aromatic N) is 4. The molecule has 0 atom stereocenters. The van der Waals surface area contributed by atoms with Crippen LogP contribution in [0.3, 0.4) is 0 Å². The summed E-state index contributed by atoms with van der Waals surface area (Å²) in [4.78, 5) is 24.9. The number of hydrogen-bond acceptors (Lipinski definition) is 4. The number of piperidine rings is 1. The molecular weight excluding hydrogens is 371 g/mol. The van der Waals surface area contributed by atoms with Gasteiger partial charge in [-0.15, -0.1) is 0 Å². The van der Waals surface area contributed by atoms with Crippen LogP contribution in [0, 0.1) is 0 Å². The van der Waals surface area contributed by atoms with Crippen LogP contribution < -0.4 is 4.90 Å². The first-order valence-corrected chi connectivity index (χ1v) is 9.50. The molecule has 0 unspecified atom stereocenters. The van der Waals surface area contributed by atoms with E-state index in [4.69, 9.17) is 23.2 Å². The van der Waals surface area contributed by atoms with Gasteiger partial charge in [0.05, 0.1) is 10.0 Å². The predicted molar refractivity (Wildman–Crippen MR) is 105 cm³/mol. The normalized spacial score (nSPS) is 15.1.